The van der Waals surface area contributed by atoms with Crippen LogP contribution in [0.25, 0.3) is 0 Å². The van der Waals surface area contributed by atoms with Gasteiger partial charge in [0.25, 0.3) is 0 Å². The summed E-state index contributed by atoms with van der Waals surface area (Å²) in [6, 6.07) is 2.92. The number of rotatable bonds is 5. The van der Waals surface area contributed by atoms with Crippen molar-refractivity contribution < 1.29 is 0 Å². The highest BCUT2D eigenvalue weighted by atomic mass is 32.1. The zero-order valence-corrected chi connectivity index (χ0v) is 10.2. The molecule has 2 heterocycles. The van der Waals surface area contributed by atoms with E-state index in [1.54, 1.807) is 0 Å². The molecule has 1 fully saturated rings. The molecule has 2 nitrogen and oxygen atoms in total. The molecule has 15 heavy (non-hydrogen) atoms. The molecule has 0 spiro atoms. The Hall–Kier alpha value is -0.380. The highest BCUT2D eigenvalue weighted by Gasteiger charge is 2.12. The Kier molecular flexibility index (Phi) is 4.18. The fourth-order valence-corrected chi connectivity index (χ4v) is 2.98. The van der Waals surface area contributed by atoms with Crippen LogP contribution in [0.1, 0.15) is 23.3 Å². The molecule has 1 unspecified atom stereocenters. The molecule has 0 aliphatic carbocycles. The minimum absolute atomic E-state index is 0.717. The van der Waals surface area contributed by atoms with E-state index in [1.807, 2.05) is 11.3 Å². The lowest BCUT2D eigenvalue weighted by Gasteiger charge is -2.10. The first-order valence-corrected chi connectivity index (χ1v) is 6.71. The highest BCUT2D eigenvalue weighted by molar-refractivity contribution is 7.10. The minimum atomic E-state index is 0.717. The third-order valence-electron chi connectivity index (χ3n) is 3.05. The molecule has 1 aromatic heterocycles. The van der Waals surface area contributed by atoms with Gasteiger partial charge in [0.05, 0.1) is 0 Å². The van der Waals surface area contributed by atoms with Gasteiger partial charge in [-0.05, 0) is 49.7 Å². The predicted octanol–water partition coefficient (Wildman–Crippen LogP) is 1.94. The monoisotopic (exact) mass is 224 g/mol. The quantitative estimate of drug-likeness (QED) is 0.747. The Morgan fingerprint density at radius 1 is 1.60 bits per heavy atom. The van der Waals surface area contributed by atoms with Gasteiger partial charge >= 0.3 is 0 Å². The third kappa shape index (κ3) is 3.30. The molecule has 2 rings (SSSR count). The lowest BCUT2D eigenvalue weighted by Crippen LogP contribution is -2.34. The molecule has 1 atom stereocenters. The van der Waals surface area contributed by atoms with Crippen molar-refractivity contribution in [2.75, 3.05) is 19.6 Å². The van der Waals surface area contributed by atoms with E-state index in [-0.39, 0.29) is 0 Å². The van der Waals surface area contributed by atoms with Gasteiger partial charge in [0.2, 0.25) is 0 Å². The van der Waals surface area contributed by atoms with Crippen molar-refractivity contribution in [3.63, 3.8) is 0 Å². The topological polar surface area (TPSA) is 24.1 Å². The maximum Gasteiger partial charge on any atom is 0.0192 e. The second-order valence-electron chi connectivity index (χ2n) is 4.27. The van der Waals surface area contributed by atoms with Crippen LogP contribution in [0, 0.1) is 6.92 Å². The minimum Gasteiger partial charge on any atom is -0.315 e. The van der Waals surface area contributed by atoms with Gasteiger partial charge < -0.3 is 10.6 Å². The second-order valence-corrected chi connectivity index (χ2v) is 5.27. The van der Waals surface area contributed by atoms with Gasteiger partial charge in [0, 0.05) is 24.0 Å². The molecule has 0 aromatic carbocycles. The van der Waals surface area contributed by atoms with E-state index in [2.05, 4.69) is 29.0 Å². The van der Waals surface area contributed by atoms with E-state index in [9.17, 15) is 0 Å². The van der Waals surface area contributed by atoms with Crippen LogP contribution >= 0.6 is 11.3 Å². The molecule has 84 valence electrons. The predicted molar refractivity (Wildman–Crippen MR) is 66.7 cm³/mol. The maximum atomic E-state index is 3.54. The van der Waals surface area contributed by atoms with E-state index >= 15 is 0 Å². The standard InChI is InChI=1S/C12H20N2S/c1-10-5-8-15-12(10)4-7-13-9-11-3-2-6-14-11/h5,8,11,13-14H,2-4,6-7,9H2,1H3. The molecule has 1 aromatic rings. The Labute approximate surface area is 96.1 Å². The number of aryl methyl sites for hydroxylation is 1. The summed E-state index contributed by atoms with van der Waals surface area (Å²) in [4.78, 5) is 1.53. The van der Waals surface area contributed by atoms with Gasteiger partial charge in [-0.25, -0.2) is 0 Å². The fraction of sp³-hybridized carbons (Fsp3) is 0.667. The molecule has 2 N–H and O–H groups in total. The van der Waals surface area contributed by atoms with Crippen LogP contribution in [0.4, 0.5) is 0 Å². The molecule has 0 radical (unpaired) electrons. The summed E-state index contributed by atoms with van der Waals surface area (Å²) in [6.45, 7) is 5.64. The molecule has 3 heteroatoms. The summed E-state index contributed by atoms with van der Waals surface area (Å²) in [6.07, 6.45) is 3.86. The Balaban J connectivity index is 1.60. The van der Waals surface area contributed by atoms with Gasteiger partial charge in [-0.15, -0.1) is 11.3 Å². The van der Waals surface area contributed by atoms with Crippen LogP contribution in [0.2, 0.25) is 0 Å². The SMILES string of the molecule is Cc1ccsc1CCNCC1CCCN1. The van der Waals surface area contributed by atoms with Crippen LogP contribution < -0.4 is 10.6 Å². The van der Waals surface area contributed by atoms with Crippen molar-refractivity contribution in [3.05, 3.63) is 21.9 Å². The molecule has 0 bridgehead atoms. The van der Waals surface area contributed by atoms with E-state index in [1.165, 1.54) is 36.2 Å². The van der Waals surface area contributed by atoms with Crippen LogP contribution in [0.5, 0.6) is 0 Å². The molecule has 0 saturated carbocycles. The van der Waals surface area contributed by atoms with Crippen molar-refractivity contribution in [1.29, 1.82) is 0 Å². The van der Waals surface area contributed by atoms with Gasteiger partial charge in [-0.2, -0.15) is 0 Å². The average Bonchev–Trinajstić information content (AvgIpc) is 2.85. The van der Waals surface area contributed by atoms with Gasteiger partial charge in [-0.3, -0.25) is 0 Å². The number of hydrogen-bond acceptors (Lipinski definition) is 3. The molecular weight excluding hydrogens is 204 g/mol. The molecule has 1 aliphatic rings. The first-order valence-electron chi connectivity index (χ1n) is 5.83. The third-order valence-corrected chi connectivity index (χ3v) is 4.13. The van der Waals surface area contributed by atoms with Crippen molar-refractivity contribution in [2.45, 2.75) is 32.2 Å². The van der Waals surface area contributed by atoms with Crippen LogP contribution in [0.15, 0.2) is 11.4 Å². The van der Waals surface area contributed by atoms with E-state index in [0.717, 1.165) is 19.1 Å². The van der Waals surface area contributed by atoms with Gasteiger partial charge in [-0.1, -0.05) is 0 Å². The summed E-state index contributed by atoms with van der Waals surface area (Å²) in [5.74, 6) is 0. The van der Waals surface area contributed by atoms with E-state index < -0.39 is 0 Å². The van der Waals surface area contributed by atoms with Gasteiger partial charge in [0.15, 0.2) is 0 Å². The van der Waals surface area contributed by atoms with Crippen molar-refractivity contribution in [1.82, 2.24) is 10.6 Å². The van der Waals surface area contributed by atoms with Crippen molar-refractivity contribution in [2.24, 2.45) is 0 Å². The lowest BCUT2D eigenvalue weighted by molar-refractivity contribution is 0.538. The van der Waals surface area contributed by atoms with Crippen LogP contribution in [-0.2, 0) is 6.42 Å². The Bertz CT molecular complexity index is 290. The molecule has 1 saturated heterocycles. The van der Waals surface area contributed by atoms with Crippen LogP contribution in [0.3, 0.4) is 0 Å². The Morgan fingerprint density at radius 2 is 2.53 bits per heavy atom. The maximum absolute atomic E-state index is 3.54. The van der Waals surface area contributed by atoms with Crippen molar-refractivity contribution in [3.8, 4) is 0 Å². The number of hydrogen-bond donors (Lipinski definition) is 2. The summed E-state index contributed by atoms with van der Waals surface area (Å²) in [5.41, 5.74) is 1.45. The molecule has 1 aliphatic heterocycles. The molecule has 0 amide bonds. The molecular formula is C12H20N2S. The van der Waals surface area contributed by atoms with E-state index in [0.29, 0.717) is 0 Å². The number of thiophene rings is 1. The highest BCUT2D eigenvalue weighted by Crippen LogP contribution is 2.15. The van der Waals surface area contributed by atoms with E-state index in [4.69, 9.17) is 0 Å². The summed E-state index contributed by atoms with van der Waals surface area (Å²) in [7, 11) is 0. The average molecular weight is 224 g/mol. The summed E-state index contributed by atoms with van der Waals surface area (Å²) < 4.78 is 0. The Morgan fingerprint density at radius 3 is 3.20 bits per heavy atom. The first-order chi connectivity index (χ1) is 7.36. The smallest absolute Gasteiger partial charge is 0.0192 e. The normalized spacial score (nSPS) is 21.0. The number of nitrogens with one attached hydrogen (secondary N) is 2. The second kappa shape index (κ2) is 5.64. The van der Waals surface area contributed by atoms with Crippen LogP contribution in [-0.4, -0.2) is 25.7 Å². The van der Waals surface area contributed by atoms with Gasteiger partial charge in [0.1, 0.15) is 0 Å². The summed E-state index contributed by atoms with van der Waals surface area (Å²) in [5, 5.41) is 9.22. The zero-order valence-electron chi connectivity index (χ0n) is 9.38. The zero-order chi connectivity index (χ0) is 10.5. The van der Waals surface area contributed by atoms with Crippen molar-refractivity contribution >= 4 is 11.3 Å². The fourth-order valence-electron chi connectivity index (χ4n) is 2.07. The first kappa shape index (κ1) is 11.1. The lowest BCUT2D eigenvalue weighted by atomic mass is 10.2. The summed E-state index contributed by atoms with van der Waals surface area (Å²) >= 11 is 1.88. The largest absolute Gasteiger partial charge is 0.315 e.